The van der Waals surface area contributed by atoms with Crippen LogP contribution in [0.5, 0.6) is 0 Å². The van der Waals surface area contributed by atoms with Crippen molar-refractivity contribution < 1.29 is 0 Å². The standard InChI is InChI=1S/C11H13N3/c12-9-2-1-8-5-10-7-13-3-4-14(10)11(8)6-9/h1-2,5-6,13H,3-4,7,12H2. The molecule has 0 saturated heterocycles. The zero-order chi connectivity index (χ0) is 9.54. The van der Waals surface area contributed by atoms with E-state index >= 15 is 0 Å². The van der Waals surface area contributed by atoms with E-state index < -0.39 is 0 Å². The van der Waals surface area contributed by atoms with Crippen LogP contribution >= 0.6 is 0 Å². The highest BCUT2D eigenvalue weighted by atomic mass is 15.1. The maximum absolute atomic E-state index is 5.79. The van der Waals surface area contributed by atoms with Gasteiger partial charge < -0.3 is 15.6 Å². The number of rotatable bonds is 0. The summed E-state index contributed by atoms with van der Waals surface area (Å²) < 4.78 is 2.35. The molecule has 1 aromatic heterocycles. The molecule has 0 amide bonds. The zero-order valence-electron chi connectivity index (χ0n) is 7.96. The van der Waals surface area contributed by atoms with Gasteiger partial charge in [-0.3, -0.25) is 0 Å². The number of hydrogen-bond acceptors (Lipinski definition) is 2. The Balaban J connectivity index is 2.32. The quantitative estimate of drug-likeness (QED) is 0.611. The lowest BCUT2D eigenvalue weighted by Gasteiger charge is -2.17. The topological polar surface area (TPSA) is 43.0 Å². The van der Waals surface area contributed by atoms with Gasteiger partial charge in [-0.25, -0.2) is 0 Å². The minimum Gasteiger partial charge on any atom is -0.399 e. The van der Waals surface area contributed by atoms with Crippen molar-refractivity contribution in [1.29, 1.82) is 0 Å². The number of benzene rings is 1. The van der Waals surface area contributed by atoms with Gasteiger partial charge in [0.2, 0.25) is 0 Å². The smallest absolute Gasteiger partial charge is 0.0504 e. The van der Waals surface area contributed by atoms with Crippen molar-refractivity contribution in [2.24, 2.45) is 0 Å². The minimum absolute atomic E-state index is 0.844. The molecule has 0 bridgehead atoms. The first-order valence-electron chi connectivity index (χ1n) is 4.93. The van der Waals surface area contributed by atoms with Gasteiger partial charge in [0.05, 0.1) is 5.52 Å². The maximum atomic E-state index is 5.79. The van der Waals surface area contributed by atoms with Gasteiger partial charge in [-0.05, 0) is 18.2 Å². The second-order valence-electron chi connectivity index (χ2n) is 3.78. The first-order valence-corrected chi connectivity index (χ1v) is 4.93. The van der Waals surface area contributed by atoms with Gasteiger partial charge in [-0.2, -0.15) is 0 Å². The Morgan fingerprint density at radius 3 is 3.14 bits per heavy atom. The number of nitrogen functional groups attached to an aromatic ring is 1. The highest BCUT2D eigenvalue weighted by molar-refractivity contribution is 5.84. The predicted octanol–water partition coefficient (Wildman–Crippen LogP) is 1.33. The third-order valence-corrected chi connectivity index (χ3v) is 2.83. The Bertz CT molecular complexity index is 484. The number of nitrogens with two attached hydrogens (primary N) is 1. The summed E-state index contributed by atoms with van der Waals surface area (Å²) in [6.45, 7) is 3.06. The first-order chi connectivity index (χ1) is 6.84. The van der Waals surface area contributed by atoms with Crippen LogP contribution in [0.4, 0.5) is 5.69 Å². The van der Waals surface area contributed by atoms with Crippen molar-refractivity contribution >= 4 is 16.6 Å². The molecule has 72 valence electrons. The Labute approximate surface area is 82.5 Å². The van der Waals surface area contributed by atoms with Crippen LogP contribution in [0.25, 0.3) is 10.9 Å². The molecule has 3 nitrogen and oxygen atoms in total. The molecular formula is C11H13N3. The maximum Gasteiger partial charge on any atom is 0.0504 e. The molecule has 0 unspecified atom stereocenters. The molecule has 2 heterocycles. The molecule has 0 fully saturated rings. The lowest BCUT2D eigenvalue weighted by Crippen LogP contribution is -2.27. The van der Waals surface area contributed by atoms with Gasteiger partial charge >= 0.3 is 0 Å². The van der Waals surface area contributed by atoms with Crippen LogP contribution in [-0.2, 0) is 13.1 Å². The van der Waals surface area contributed by atoms with E-state index in [0.29, 0.717) is 0 Å². The highest BCUT2D eigenvalue weighted by Gasteiger charge is 2.11. The van der Waals surface area contributed by atoms with Gasteiger partial charge in [0.1, 0.15) is 0 Å². The molecule has 3 heteroatoms. The van der Waals surface area contributed by atoms with Gasteiger partial charge in [-0.1, -0.05) is 6.07 Å². The highest BCUT2D eigenvalue weighted by Crippen LogP contribution is 2.23. The van der Waals surface area contributed by atoms with Crippen molar-refractivity contribution in [1.82, 2.24) is 9.88 Å². The van der Waals surface area contributed by atoms with E-state index in [2.05, 4.69) is 28.1 Å². The third kappa shape index (κ3) is 1.02. The van der Waals surface area contributed by atoms with Crippen molar-refractivity contribution in [2.45, 2.75) is 13.1 Å². The van der Waals surface area contributed by atoms with Crippen LogP contribution in [-0.4, -0.2) is 11.1 Å². The van der Waals surface area contributed by atoms with E-state index in [1.165, 1.54) is 16.6 Å². The molecule has 0 saturated carbocycles. The second-order valence-corrected chi connectivity index (χ2v) is 3.78. The SMILES string of the molecule is Nc1ccc2cc3n(c2c1)CCNC3. The molecule has 3 rings (SSSR count). The summed E-state index contributed by atoms with van der Waals surface area (Å²) >= 11 is 0. The summed E-state index contributed by atoms with van der Waals surface area (Å²) in [5.74, 6) is 0. The lowest BCUT2D eigenvalue weighted by atomic mass is 10.2. The fourth-order valence-electron chi connectivity index (χ4n) is 2.15. The zero-order valence-corrected chi connectivity index (χ0v) is 7.96. The van der Waals surface area contributed by atoms with Gasteiger partial charge in [0.15, 0.2) is 0 Å². The van der Waals surface area contributed by atoms with Crippen molar-refractivity contribution in [2.75, 3.05) is 12.3 Å². The van der Waals surface area contributed by atoms with Gasteiger partial charge in [0, 0.05) is 36.4 Å². The first kappa shape index (κ1) is 7.88. The van der Waals surface area contributed by atoms with Crippen LogP contribution in [0.3, 0.4) is 0 Å². The summed E-state index contributed by atoms with van der Waals surface area (Å²) in [5, 5.41) is 4.65. The van der Waals surface area contributed by atoms with E-state index in [1.807, 2.05) is 6.07 Å². The average molecular weight is 187 g/mol. The normalized spacial score (nSPS) is 15.7. The van der Waals surface area contributed by atoms with Crippen LogP contribution in [0.2, 0.25) is 0 Å². The molecule has 1 aromatic carbocycles. The molecule has 0 atom stereocenters. The predicted molar refractivity (Wildman–Crippen MR) is 58.1 cm³/mol. The van der Waals surface area contributed by atoms with Crippen LogP contribution in [0.15, 0.2) is 24.3 Å². The molecule has 0 spiro atoms. The number of fused-ring (bicyclic) bond motifs is 3. The summed E-state index contributed by atoms with van der Waals surface area (Å²) in [7, 11) is 0. The molecule has 14 heavy (non-hydrogen) atoms. The summed E-state index contributed by atoms with van der Waals surface area (Å²) in [5.41, 5.74) is 9.26. The number of anilines is 1. The molecule has 0 radical (unpaired) electrons. The molecule has 2 aromatic rings. The summed E-state index contributed by atoms with van der Waals surface area (Å²) in [6, 6.07) is 8.35. The van der Waals surface area contributed by atoms with E-state index in [4.69, 9.17) is 5.73 Å². The Morgan fingerprint density at radius 2 is 2.21 bits per heavy atom. The molecule has 1 aliphatic rings. The number of hydrogen-bond donors (Lipinski definition) is 2. The van der Waals surface area contributed by atoms with Gasteiger partial charge in [0.25, 0.3) is 0 Å². The Kier molecular flexibility index (Phi) is 1.55. The van der Waals surface area contributed by atoms with E-state index in [-0.39, 0.29) is 0 Å². The number of aromatic nitrogens is 1. The van der Waals surface area contributed by atoms with E-state index in [9.17, 15) is 0 Å². The monoisotopic (exact) mass is 187 g/mol. The lowest BCUT2D eigenvalue weighted by molar-refractivity contribution is 0.527. The minimum atomic E-state index is 0.844. The van der Waals surface area contributed by atoms with E-state index in [1.54, 1.807) is 0 Å². The average Bonchev–Trinajstić information content (AvgIpc) is 2.56. The summed E-state index contributed by atoms with van der Waals surface area (Å²) in [6.07, 6.45) is 0. The number of nitrogens with one attached hydrogen (secondary N) is 1. The van der Waals surface area contributed by atoms with Crippen LogP contribution in [0, 0.1) is 0 Å². The number of nitrogens with zero attached hydrogens (tertiary/aromatic N) is 1. The Hall–Kier alpha value is -1.48. The van der Waals surface area contributed by atoms with Crippen molar-refractivity contribution in [3.63, 3.8) is 0 Å². The van der Waals surface area contributed by atoms with Crippen molar-refractivity contribution in [3.8, 4) is 0 Å². The molecular weight excluding hydrogens is 174 g/mol. The molecule has 0 aliphatic carbocycles. The fourth-order valence-corrected chi connectivity index (χ4v) is 2.15. The largest absolute Gasteiger partial charge is 0.399 e. The summed E-state index contributed by atoms with van der Waals surface area (Å²) in [4.78, 5) is 0. The van der Waals surface area contributed by atoms with Gasteiger partial charge in [-0.15, -0.1) is 0 Å². The third-order valence-electron chi connectivity index (χ3n) is 2.83. The van der Waals surface area contributed by atoms with E-state index in [0.717, 1.165) is 25.3 Å². The molecule has 1 aliphatic heterocycles. The second kappa shape index (κ2) is 2.75. The van der Waals surface area contributed by atoms with Crippen LogP contribution in [0.1, 0.15) is 5.69 Å². The fraction of sp³-hybridized carbons (Fsp3) is 0.273. The molecule has 3 N–H and O–H groups in total. The van der Waals surface area contributed by atoms with Crippen molar-refractivity contribution in [3.05, 3.63) is 30.0 Å². The van der Waals surface area contributed by atoms with Crippen LogP contribution < -0.4 is 11.1 Å². The Morgan fingerprint density at radius 1 is 1.29 bits per heavy atom.